The van der Waals surface area contributed by atoms with E-state index in [1.54, 1.807) is 25.1 Å². The summed E-state index contributed by atoms with van der Waals surface area (Å²) in [6.07, 6.45) is 0.459. The van der Waals surface area contributed by atoms with Crippen LogP contribution in [0.4, 0.5) is 0 Å². The second-order valence-corrected chi connectivity index (χ2v) is 5.28. The van der Waals surface area contributed by atoms with E-state index < -0.39 is 12.0 Å². The van der Waals surface area contributed by atoms with Gasteiger partial charge in [0.2, 0.25) is 0 Å². The average Bonchev–Trinajstić information content (AvgIpc) is 2.47. The Kier molecular flexibility index (Phi) is 5.46. The highest BCUT2D eigenvalue weighted by Crippen LogP contribution is 2.30. The Balaban J connectivity index is 2.42. The maximum atomic E-state index is 12.4. The van der Waals surface area contributed by atoms with Gasteiger partial charge in [0.1, 0.15) is 11.7 Å². The molecule has 0 aromatic heterocycles. The van der Waals surface area contributed by atoms with Crippen molar-refractivity contribution >= 4 is 29.0 Å². The lowest BCUT2D eigenvalue weighted by Gasteiger charge is -2.32. The first-order valence-corrected chi connectivity index (χ1v) is 7.51. The van der Waals surface area contributed by atoms with Crippen LogP contribution in [0, 0.1) is 5.92 Å². The molecule has 6 nitrogen and oxygen atoms in total. The highest BCUT2D eigenvalue weighted by molar-refractivity contribution is 7.80. The molecule has 2 rings (SSSR count). The number of phenols is 1. The second-order valence-electron chi connectivity index (χ2n) is 4.89. The number of ether oxygens (including phenoxy) is 1. The summed E-state index contributed by atoms with van der Waals surface area (Å²) < 4.78 is 5.17. The molecule has 2 atom stereocenters. The molecule has 1 aliphatic heterocycles. The van der Waals surface area contributed by atoms with E-state index >= 15 is 0 Å². The van der Waals surface area contributed by atoms with Crippen LogP contribution in [0.1, 0.15) is 24.9 Å². The fourth-order valence-corrected chi connectivity index (χ4v) is 2.74. The number of nitrogens with two attached hydrogens (primary N) is 1. The largest absolute Gasteiger partial charge is 0.508 e. The van der Waals surface area contributed by atoms with Crippen molar-refractivity contribution in [2.75, 3.05) is 13.2 Å². The van der Waals surface area contributed by atoms with Gasteiger partial charge in [-0.3, -0.25) is 4.79 Å². The Hall–Kier alpha value is -1.99. The third-order valence-corrected chi connectivity index (χ3v) is 3.60. The SMILES string of the molecule is CCOC(=O)C1C(CCN)=NC(=S)NC1c1cccc(O)c1. The van der Waals surface area contributed by atoms with Crippen molar-refractivity contribution in [2.24, 2.45) is 16.6 Å². The fourth-order valence-electron chi connectivity index (χ4n) is 2.50. The van der Waals surface area contributed by atoms with Crippen molar-refractivity contribution in [2.45, 2.75) is 19.4 Å². The number of hydrogen-bond donors (Lipinski definition) is 3. The third-order valence-electron chi connectivity index (χ3n) is 3.39. The van der Waals surface area contributed by atoms with E-state index in [-0.39, 0.29) is 18.3 Å². The van der Waals surface area contributed by atoms with Crippen molar-refractivity contribution in [3.63, 3.8) is 0 Å². The molecule has 0 amide bonds. The van der Waals surface area contributed by atoms with Crippen LogP contribution in [0.25, 0.3) is 0 Å². The quantitative estimate of drug-likeness (QED) is 0.558. The normalized spacial score (nSPS) is 21.0. The summed E-state index contributed by atoms with van der Waals surface area (Å²) in [4.78, 5) is 16.6. The number of carbonyl (C=O) groups excluding carboxylic acids is 1. The molecule has 1 heterocycles. The van der Waals surface area contributed by atoms with Crippen LogP contribution in [0.5, 0.6) is 5.75 Å². The Morgan fingerprint density at radius 3 is 2.95 bits per heavy atom. The summed E-state index contributed by atoms with van der Waals surface area (Å²) >= 11 is 5.16. The monoisotopic (exact) mass is 321 g/mol. The highest BCUT2D eigenvalue weighted by Gasteiger charge is 2.38. The molecule has 1 aromatic carbocycles. The predicted molar refractivity (Wildman–Crippen MR) is 87.8 cm³/mol. The lowest BCUT2D eigenvalue weighted by Crippen LogP contribution is -2.45. The molecular weight excluding hydrogens is 302 g/mol. The molecule has 0 fully saturated rings. The zero-order chi connectivity index (χ0) is 16.1. The summed E-state index contributed by atoms with van der Waals surface area (Å²) in [7, 11) is 0. The molecular formula is C15H19N3O3S. The smallest absolute Gasteiger partial charge is 0.317 e. The first-order chi connectivity index (χ1) is 10.6. The minimum atomic E-state index is -0.614. The number of hydrogen-bond acceptors (Lipinski definition) is 5. The van der Waals surface area contributed by atoms with E-state index in [0.29, 0.717) is 23.8 Å². The van der Waals surface area contributed by atoms with Crippen molar-refractivity contribution in [3.05, 3.63) is 29.8 Å². The Morgan fingerprint density at radius 1 is 1.55 bits per heavy atom. The van der Waals surface area contributed by atoms with Gasteiger partial charge in [-0.2, -0.15) is 0 Å². The summed E-state index contributed by atoms with van der Waals surface area (Å²) in [5.74, 6) is -0.870. The number of esters is 1. The molecule has 22 heavy (non-hydrogen) atoms. The number of nitrogens with one attached hydrogen (secondary N) is 1. The van der Waals surface area contributed by atoms with Crippen LogP contribution >= 0.6 is 12.2 Å². The second kappa shape index (κ2) is 7.33. The van der Waals surface area contributed by atoms with E-state index in [4.69, 9.17) is 22.7 Å². The highest BCUT2D eigenvalue weighted by atomic mass is 32.1. The van der Waals surface area contributed by atoms with Crippen molar-refractivity contribution < 1.29 is 14.6 Å². The number of thiocarbonyl (C=S) groups is 1. The summed E-state index contributed by atoms with van der Waals surface area (Å²) in [5, 5.41) is 13.0. The summed E-state index contributed by atoms with van der Waals surface area (Å²) in [6.45, 7) is 2.40. The van der Waals surface area contributed by atoms with Gasteiger partial charge in [0.25, 0.3) is 0 Å². The molecule has 4 N–H and O–H groups in total. The van der Waals surface area contributed by atoms with E-state index in [1.165, 1.54) is 0 Å². The maximum absolute atomic E-state index is 12.4. The number of nitrogens with zero attached hydrogens (tertiary/aromatic N) is 1. The van der Waals surface area contributed by atoms with Crippen molar-refractivity contribution in [1.29, 1.82) is 0 Å². The van der Waals surface area contributed by atoms with Gasteiger partial charge >= 0.3 is 5.97 Å². The zero-order valence-corrected chi connectivity index (χ0v) is 13.1. The first kappa shape index (κ1) is 16.4. The van der Waals surface area contributed by atoms with Gasteiger partial charge in [0.15, 0.2) is 5.11 Å². The lowest BCUT2D eigenvalue weighted by molar-refractivity contribution is -0.146. The van der Waals surface area contributed by atoms with Crippen LogP contribution < -0.4 is 11.1 Å². The molecule has 7 heteroatoms. The third kappa shape index (κ3) is 3.61. The van der Waals surface area contributed by atoms with E-state index in [9.17, 15) is 9.90 Å². The topological polar surface area (TPSA) is 96.9 Å². The van der Waals surface area contributed by atoms with E-state index in [1.807, 2.05) is 6.07 Å². The number of benzene rings is 1. The summed E-state index contributed by atoms with van der Waals surface area (Å²) in [5.41, 5.74) is 6.96. The van der Waals surface area contributed by atoms with Crippen LogP contribution in [0.3, 0.4) is 0 Å². The Labute approximate surface area is 134 Å². The molecule has 0 saturated carbocycles. The average molecular weight is 321 g/mol. The zero-order valence-electron chi connectivity index (χ0n) is 12.3. The fraction of sp³-hybridized carbons (Fsp3) is 0.400. The molecule has 1 aromatic rings. The van der Waals surface area contributed by atoms with Gasteiger partial charge < -0.3 is 20.9 Å². The van der Waals surface area contributed by atoms with Gasteiger partial charge in [0, 0.05) is 5.71 Å². The van der Waals surface area contributed by atoms with Crippen LogP contribution in [-0.4, -0.2) is 35.1 Å². The first-order valence-electron chi connectivity index (χ1n) is 7.10. The van der Waals surface area contributed by atoms with Crippen LogP contribution in [0.2, 0.25) is 0 Å². The van der Waals surface area contributed by atoms with Crippen molar-refractivity contribution in [1.82, 2.24) is 5.32 Å². The van der Waals surface area contributed by atoms with Gasteiger partial charge in [-0.25, -0.2) is 4.99 Å². The number of aromatic hydroxyl groups is 1. The molecule has 1 aliphatic rings. The van der Waals surface area contributed by atoms with Crippen LogP contribution in [-0.2, 0) is 9.53 Å². The molecule has 0 saturated heterocycles. The molecule has 0 bridgehead atoms. The lowest BCUT2D eigenvalue weighted by atomic mass is 9.86. The van der Waals surface area contributed by atoms with Gasteiger partial charge in [-0.1, -0.05) is 12.1 Å². The Morgan fingerprint density at radius 2 is 2.32 bits per heavy atom. The molecule has 0 aliphatic carbocycles. The number of rotatable bonds is 5. The number of carbonyl (C=O) groups is 1. The van der Waals surface area contributed by atoms with E-state index in [2.05, 4.69) is 10.3 Å². The minimum absolute atomic E-state index is 0.121. The van der Waals surface area contributed by atoms with Gasteiger partial charge in [-0.05, 0) is 49.8 Å². The Bertz CT molecular complexity index is 603. The predicted octanol–water partition coefficient (Wildman–Crippen LogP) is 1.29. The minimum Gasteiger partial charge on any atom is -0.508 e. The number of phenolic OH excluding ortho intramolecular Hbond substituents is 1. The molecule has 2 unspecified atom stereocenters. The van der Waals surface area contributed by atoms with Gasteiger partial charge in [0.05, 0.1) is 12.6 Å². The number of aliphatic imine (C=N–C) groups is 1. The molecule has 118 valence electrons. The van der Waals surface area contributed by atoms with Gasteiger partial charge in [-0.15, -0.1) is 0 Å². The van der Waals surface area contributed by atoms with Crippen molar-refractivity contribution in [3.8, 4) is 5.75 Å². The van der Waals surface area contributed by atoms with E-state index in [0.717, 1.165) is 5.56 Å². The molecule has 0 radical (unpaired) electrons. The maximum Gasteiger partial charge on any atom is 0.317 e. The van der Waals surface area contributed by atoms with Crippen LogP contribution in [0.15, 0.2) is 29.3 Å². The molecule has 0 spiro atoms. The summed E-state index contributed by atoms with van der Waals surface area (Å²) in [6, 6.07) is 6.26. The standard InChI is InChI=1S/C15H19N3O3S/c1-2-21-14(20)12-11(6-7-16)17-15(22)18-13(12)9-4-3-5-10(19)8-9/h3-5,8,12-13,19H,2,6-7,16H2,1H3,(H,18,22).